The lowest BCUT2D eigenvalue weighted by atomic mass is 10.2. The number of nitrogens with zero attached hydrogens (tertiary/aromatic N) is 1. The number of hydrogen-bond acceptors (Lipinski definition) is 4. The molecule has 1 aromatic heterocycles. The van der Waals surface area contributed by atoms with Crippen LogP contribution in [0.5, 0.6) is 5.75 Å². The summed E-state index contributed by atoms with van der Waals surface area (Å²) in [6.07, 6.45) is 1.49. The van der Waals surface area contributed by atoms with Crippen molar-refractivity contribution in [1.29, 1.82) is 0 Å². The molecule has 0 fully saturated rings. The molecule has 0 aliphatic carbocycles. The first kappa shape index (κ1) is 15.0. The van der Waals surface area contributed by atoms with Gasteiger partial charge in [0.05, 0.1) is 5.56 Å². The van der Waals surface area contributed by atoms with Crippen LogP contribution in [0.3, 0.4) is 0 Å². The van der Waals surface area contributed by atoms with E-state index in [1.165, 1.54) is 36.5 Å². The molecular formula is C13H10ClF2N3O2. The molecule has 8 heteroatoms. The van der Waals surface area contributed by atoms with Gasteiger partial charge in [-0.15, -0.1) is 8.78 Å². The van der Waals surface area contributed by atoms with Crippen LogP contribution in [0.2, 0.25) is 0 Å². The number of rotatable bonds is 5. The predicted molar refractivity (Wildman–Crippen MR) is 73.9 cm³/mol. The highest BCUT2D eigenvalue weighted by Crippen LogP contribution is 2.27. The van der Waals surface area contributed by atoms with Gasteiger partial charge in [-0.3, -0.25) is 4.79 Å². The topological polar surface area (TPSA) is 77.2 Å². The fraction of sp³-hybridized carbons (Fsp3) is 0.0769. The minimum atomic E-state index is -3.77. The van der Waals surface area contributed by atoms with Gasteiger partial charge in [-0.2, -0.15) is 0 Å². The number of pyridine rings is 1. The number of benzene rings is 1. The molecule has 3 N–H and O–H groups in total. The van der Waals surface area contributed by atoms with Gasteiger partial charge in [0, 0.05) is 23.5 Å². The Morgan fingerprint density at radius 3 is 2.52 bits per heavy atom. The van der Waals surface area contributed by atoms with Crippen molar-refractivity contribution in [3.8, 4) is 5.75 Å². The van der Waals surface area contributed by atoms with E-state index in [1.807, 2.05) is 0 Å². The monoisotopic (exact) mass is 313 g/mol. The molecule has 0 saturated carbocycles. The number of alkyl halides is 3. The fourth-order valence-electron chi connectivity index (χ4n) is 1.58. The van der Waals surface area contributed by atoms with Gasteiger partial charge in [0.15, 0.2) is 0 Å². The average Bonchev–Trinajstić information content (AvgIpc) is 2.40. The number of primary amides is 1. The van der Waals surface area contributed by atoms with Crippen molar-refractivity contribution in [2.24, 2.45) is 5.73 Å². The molecule has 21 heavy (non-hydrogen) atoms. The van der Waals surface area contributed by atoms with Crippen LogP contribution in [0, 0.1) is 0 Å². The Morgan fingerprint density at radius 2 is 1.95 bits per heavy atom. The SMILES string of the molecule is NC(=O)c1cccnc1Nc1ccc(OC(F)(F)Cl)cc1. The Balaban J connectivity index is 2.16. The molecule has 0 unspecified atom stereocenters. The number of anilines is 2. The lowest BCUT2D eigenvalue weighted by Gasteiger charge is -2.12. The second-order valence-corrected chi connectivity index (χ2v) is 4.40. The van der Waals surface area contributed by atoms with Gasteiger partial charge in [-0.25, -0.2) is 4.98 Å². The van der Waals surface area contributed by atoms with Gasteiger partial charge in [-0.05, 0) is 36.4 Å². The summed E-state index contributed by atoms with van der Waals surface area (Å²) in [5.74, 6) is -0.467. The first-order valence-electron chi connectivity index (χ1n) is 5.73. The molecule has 0 bridgehead atoms. The zero-order valence-corrected chi connectivity index (χ0v) is 11.3. The summed E-state index contributed by atoms with van der Waals surface area (Å²) in [5.41, 5.74) is 2.18. The third-order valence-electron chi connectivity index (χ3n) is 2.42. The molecule has 5 nitrogen and oxygen atoms in total. The van der Waals surface area contributed by atoms with Crippen molar-refractivity contribution in [2.45, 2.75) is 5.57 Å². The normalized spacial score (nSPS) is 11.0. The summed E-state index contributed by atoms with van der Waals surface area (Å²) in [4.78, 5) is 15.2. The second-order valence-electron chi connectivity index (χ2n) is 3.96. The number of ether oxygens (including phenoxy) is 1. The van der Waals surface area contributed by atoms with Gasteiger partial charge in [-0.1, -0.05) is 0 Å². The lowest BCUT2D eigenvalue weighted by molar-refractivity contribution is -0.0964. The number of nitrogens with two attached hydrogens (primary N) is 1. The first-order valence-corrected chi connectivity index (χ1v) is 6.10. The maximum absolute atomic E-state index is 12.5. The number of amides is 1. The molecule has 1 heterocycles. The Bertz CT molecular complexity index is 645. The minimum Gasteiger partial charge on any atom is -0.420 e. The summed E-state index contributed by atoms with van der Waals surface area (Å²) < 4.78 is 29.1. The zero-order valence-electron chi connectivity index (χ0n) is 10.5. The number of nitrogens with one attached hydrogen (secondary N) is 1. The summed E-state index contributed by atoms with van der Waals surface area (Å²) in [6.45, 7) is 0. The van der Waals surface area contributed by atoms with E-state index in [1.54, 1.807) is 6.07 Å². The van der Waals surface area contributed by atoms with Crippen molar-refractivity contribution >= 4 is 29.0 Å². The van der Waals surface area contributed by atoms with Crippen LogP contribution in [0.25, 0.3) is 0 Å². The molecule has 0 aliphatic rings. The van der Waals surface area contributed by atoms with Crippen LogP contribution < -0.4 is 15.8 Å². The summed E-state index contributed by atoms with van der Waals surface area (Å²) in [6, 6.07) is 8.62. The summed E-state index contributed by atoms with van der Waals surface area (Å²) in [5, 5.41) is 2.86. The molecule has 1 aromatic carbocycles. The predicted octanol–water partition coefficient (Wildman–Crippen LogP) is 3.09. The van der Waals surface area contributed by atoms with Gasteiger partial charge in [0.25, 0.3) is 5.91 Å². The van der Waals surface area contributed by atoms with Crippen molar-refractivity contribution < 1.29 is 18.3 Å². The quantitative estimate of drug-likeness (QED) is 0.832. The standard InChI is InChI=1S/C13H10ClF2N3O2/c14-13(15,16)21-9-5-3-8(4-6-9)19-12-10(11(17)20)2-1-7-18-12/h1-7H,(H2,17,20)(H,18,19). The van der Waals surface area contributed by atoms with Crippen molar-refractivity contribution in [3.05, 3.63) is 48.2 Å². The van der Waals surface area contributed by atoms with Gasteiger partial charge in [0.1, 0.15) is 11.6 Å². The molecule has 2 rings (SSSR count). The Kier molecular flexibility index (Phi) is 4.23. The third kappa shape index (κ3) is 4.28. The lowest BCUT2D eigenvalue weighted by Crippen LogP contribution is -2.15. The van der Waals surface area contributed by atoms with E-state index in [-0.39, 0.29) is 17.1 Å². The van der Waals surface area contributed by atoms with Crippen LogP contribution in [0.15, 0.2) is 42.6 Å². The first-order chi connectivity index (χ1) is 9.85. The minimum absolute atomic E-state index is 0.100. The molecule has 0 radical (unpaired) electrons. The summed E-state index contributed by atoms with van der Waals surface area (Å²) >= 11 is 4.66. The number of hydrogen-bond donors (Lipinski definition) is 2. The van der Waals surface area contributed by atoms with E-state index < -0.39 is 11.5 Å². The van der Waals surface area contributed by atoms with Crippen LogP contribution >= 0.6 is 11.6 Å². The maximum Gasteiger partial charge on any atom is 0.487 e. The van der Waals surface area contributed by atoms with E-state index in [2.05, 4.69) is 26.6 Å². The van der Waals surface area contributed by atoms with Crippen molar-refractivity contribution in [3.63, 3.8) is 0 Å². The van der Waals surface area contributed by atoms with Crippen LogP contribution in [0.4, 0.5) is 20.3 Å². The molecule has 0 atom stereocenters. The van der Waals surface area contributed by atoms with Crippen LogP contribution in [-0.4, -0.2) is 16.5 Å². The summed E-state index contributed by atoms with van der Waals surface area (Å²) in [7, 11) is 0. The van der Waals surface area contributed by atoms with Gasteiger partial charge >= 0.3 is 5.57 Å². The highest BCUT2D eigenvalue weighted by atomic mass is 35.5. The van der Waals surface area contributed by atoms with Crippen molar-refractivity contribution in [2.75, 3.05) is 5.32 Å². The number of carbonyl (C=O) groups excluding carboxylic acids is 1. The van der Waals surface area contributed by atoms with Gasteiger partial charge in [0.2, 0.25) is 0 Å². The average molecular weight is 314 g/mol. The highest BCUT2D eigenvalue weighted by Gasteiger charge is 2.27. The molecule has 0 spiro atoms. The van der Waals surface area contributed by atoms with E-state index in [0.29, 0.717) is 5.69 Å². The Morgan fingerprint density at radius 1 is 1.29 bits per heavy atom. The maximum atomic E-state index is 12.5. The molecule has 0 saturated heterocycles. The largest absolute Gasteiger partial charge is 0.487 e. The van der Waals surface area contributed by atoms with E-state index >= 15 is 0 Å². The zero-order chi connectivity index (χ0) is 15.5. The molecule has 0 aliphatic heterocycles. The number of carbonyl (C=O) groups is 1. The van der Waals surface area contributed by atoms with Gasteiger partial charge < -0.3 is 15.8 Å². The highest BCUT2D eigenvalue weighted by molar-refractivity contribution is 6.20. The van der Waals surface area contributed by atoms with Crippen molar-refractivity contribution in [1.82, 2.24) is 4.98 Å². The smallest absolute Gasteiger partial charge is 0.420 e. The Labute approximate surface area is 123 Å². The van der Waals surface area contributed by atoms with E-state index in [0.717, 1.165) is 0 Å². The number of halogens is 3. The number of aromatic nitrogens is 1. The van der Waals surface area contributed by atoms with E-state index in [9.17, 15) is 13.6 Å². The molecular weight excluding hydrogens is 304 g/mol. The fourth-order valence-corrected chi connectivity index (χ4v) is 1.67. The molecule has 2 aromatic rings. The van der Waals surface area contributed by atoms with Crippen LogP contribution in [-0.2, 0) is 0 Å². The molecule has 1 amide bonds. The molecule has 110 valence electrons. The Hall–Kier alpha value is -2.41. The second kappa shape index (κ2) is 5.92. The third-order valence-corrected chi connectivity index (χ3v) is 2.50. The van der Waals surface area contributed by atoms with E-state index in [4.69, 9.17) is 5.73 Å². The van der Waals surface area contributed by atoms with Crippen LogP contribution in [0.1, 0.15) is 10.4 Å².